The van der Waals surface area contributed by atoms with Crippen molar-refractivity contribution in [2.45, 2.75) is 32.7 Å². The summed E-state index contributed by atoms with van der Waals surface area (Å²) in [6.45, 7) is 5.88. The Labute approximate surface area is 117 Å². The molecule has 1 fully saturated rings. The van der Waals surface area contributed by atoms with Crippen molar-refractivity contribution in [2.75, 3.05) is 18.0 Å². The van der Waals surface area contributed by atoms with Gasteiger partial charge in [0, 0.05) is 25.2 Å². The zero-order chi connectivity index (χ0) is 14.3. The normalized spacial score (nSPS) is 15.4. The third-order valence-electron chi connectivity index (χ3n) is 3.84. The number of benzene rings is 1. The maximum atomic E-state index is 11.3. The average Bonchev–Trinajstić information content (AvgIpc) is 3.06. The molecule has 6 heteroatoms. The zero-order valence-corrected chi connectivity index (χ0v) is 11.7. The number of hydrogen-bond donors (Lipinski definition) is 0. The fourth-order valence-electron chi connectivity index (χ4n) is 2.93. The first kappa shape index (κ1) is 12.9. The first-order chi connectivity index (χ1) is 9.59. The molecular formula is C14H18N4O2. The first-order valence-electron chi connectivity index (χ1n) is 6.99. The Morgan fingerprint density at radius 1 is 1.30 bits per heavy atom. The SMILES string of the molecule is CC(C)n1ncc2c(N3CCCC3)c([N+](=O)[O-])ccc21. The van der Waals surface area contributed by atoms with Crippen LogP contribution in [0.25, 0.3) is 10.9 Å². The number of anilines is 1. The van der Waals surface area contributed by atoms with Gasteiger partial charge in [-0.3, -0.25) is 14.8 Å². The lowest BCUT2D eigenvalue weighted by atomic mass is 10.1. The van der Waals surface area contributed by atoms with Gasteiger partial charge in [0.25, 0.3) is 5.69 Å². The van der Waals surface area contributed by atoms with Crippen LogP contribution in [0.15, 0.2) is 18.3 Å². The van der Waals surface area contributed by atoms with E-state index >= 15 is 0 Å². The van der Waals surface area contributed by atoms with Gasteiger partial charge in [0.1, 0.15) is 5.69 Å². The highest BCUT2D eigenvalue weighted by Crippen LogP contribution is 2.38. The molecule has 0 N–H and O–H groups in total. The van der Waals surface area contributed by atoms with Gasteiger partial charge in [-0.2, -0.15) is 5.10 Å². The molecule has 0 radical (unpaired) electrons. The molecule has 1 aromatic heterocycles. The molecule has 2 aromatic rings. The summed E-state index contributed by atoms with van der Waals surface area (Å²) in [6, 6.07) is 3.65. The Kier molecular flexibility index (Phi) is 3.08. The molecule has 6 nitrogen and oxygen atoms in total. The molecule has 1 saturated heterocycles. The quantitative estimate of drug-likeness (QED) is 0.637. The van der Waals surface area contributed by atoms with Gasteiger partial charge < -0.3 is 4.90 Å². The first-order valence-corrected chi connectivity index (χ1v) is 6.99. The standard InChI is InChI=1S/C14H18N4O2/c1-10(2)17-12-5-6-13(18(19)20)14(11(12)9-15-17)16-7-3-4-8-16/h5-6,9-10H,3-4,7-8H2,1-2H3. The highest BCUT2D eigenvalue weighted by atomic mass is 16.6. The molecule has 0 aliphatic carbocycles. The number of hydrogen-bond acceptors (Lipinski definition) is 4. The van der Waals surface area contributed by atoms with E-state index in [-0.39, 0.29) is 16.7 Å². The maximum absolute atomic E-state index is 11.3. The molecule has 2 heterocycles. The summed E-state index contributed by atoms with van der Waals surface area (Å²) >= 11 is 0. The van der Waals surface area contributed by atoms with Crippen LogP contribution >= 0.6 is 0 Å². The Balaban J connectivity index is 2.25. The van der Waals surface area contributed by atoms with Gasteiger partial charge in [-0.05, 0) is 32.8 Å². The van der Waals surface area contributed by atoms with Crippen molar-refractivity contribution in [1.82, 2.24) is 9.78 Å². The van der Waals surface area contributed by atoms with Crippen LogP contribution < -0.4 is 4.90 Å². The number of rotatable bonds is 3. The summed E-state index contributed by atoms with van der Waals surface area (Å²) < 4.78 is 1.92. The fourth-order valence-corrected chi connectivity index (χ4v) is 2.93. The van der Waals surface area contributed by atoms with Crippen molar-refractivity contribution in [3.05, 3.63) is 28.4 Å². The van der Waals surface area contributed by atoms with Crippen molar-refractivity contribution in [3.8, 4) is 0 Å². The number of nitro benzene ring substituents is 1. The van der Waals surface area contributed by atoms with E-state index in [1.54, 1.807) is 18.3 Å². The molecule has 0 saturated carbocycles. The summed E-state index contributed by atoms with van der Waals surface area (Å²) in [5.41, 5.74) is 1.88. The molecule has 20 heavy (non-hydrogen) atoms. The van der Waals surface area contributed by atoms with Gasteiger partial charge in [-0.15, -0.1) is 0 Å². The molecule has 0 bridgehead atoms. The second kappa shape index (κ2) is 4.77. The molecule has 0 amide bonds. The van der Waals surface area contributed by atoms with E-state index in [4.69, 9.17) is 0 Å². The minimum Gasteiger partial charge on any atom is -0.365 e. The van der Waals surface area contributed by atoms with Crippen LogP contribution in [0.1, 0.15) is 32.7 Å². The van der Waals surface area contributed by atoms with E-state index in [1.807, 2.05) is 4.68 Å². The number of fused-ring (bicyclic) bond motifs is 1. The van der Waals surface area contributed by atoms with E-state index < -0.39 is 0 Å². The number of aromatic nitrogens is 2. The van der Waals surface area contributed by atoms with E-state index in [2.05, 4.69) is 23.8 Å². The molecular weight excluding hydrogens is 256 g/mol. The fraction of sp³-hybridized carbons (Fsp3) is 0.500. The smallest absolute Gasteiger partial charge is 0.293 e. The van der Waals surface area contributed by atoms with Gasteiger partial charge in [-0.25, -0.2) is 0 Å². The van der Waals surface area contributed by atoms with Crippen LogP contribution in [0, 0.1) is 10.1 Å². The second-order valence-corrected chi connectivity index (χ2v) is 5.50. The van der Waals surface area contributed by atoms with Crippen LogP contribution in [0.5, 0.6) is 0 Å². The lowest BCUT2D eigenvalue weighted by Crippen LogP contribution is -2.19. The van der Waals surface area contributed by atoms with Crippen LogP contribution in [0.4, 0.5) is 11.4 Å². The predicted molar refractivity (Wildman–Crippen MR) is 78.2 cm³/mol. The average molecular weight is 274 g/mol. The van der Waals surface area contributed by atoms with Gasteiger partial charge >= 0.3 is 0 Å². The summed E-state index contributed by atoms with van der Waals surface area (Å²) in [5, 5.41) is 16.6. The highest BCUT2D eigenvalue weighted by molar-refractivity contribution is 5.97. The van der Waals surface area contributed by atoms with Gasteiger partial charge in [-0.1, -0.05) is 0 Å². The van der Waals surface area contributed by atoms with E-state index in [0.29, 0.717) is 0 Å². The van der Waals surface area contributed by atoms with Crippen molar-refractivity contribution >= 4 is 22.3 Å². The summed E-state index contributed by atoms with van der Waals surface area (Å²) in [6.07, 6.45) is 3.94. The minimum absolute atomic E-state index is 0.183. The van der Waals surface area contributed by atoms with Crippen molar-refractivity contribution in [2.24, 2.45) is 0 Å². The van der Waals surface area contributed by atoms with Crippen molar-refractivity contribution in [1.29, 1.82) is 0 Å². The third kappa shape index (κ3) is 1.92. The summed E-state index contributed by atoms with van der Waals surface area (Å²) in [5.74, 6) is 0. The van der Waals surface area contributed by atoms with E-state index in [0.717, 1.165) is 42.5 Å². The van der Waals surface area contributed by atoms with Crippen LogP contribution in [-0.2, 0) is 0 Å². The Morgan fingerprint density at radius 2 is 2.00 bits per heavy atom. The van der Waals surface area contributed by atoms with Gasteiger partial charge in [0.05, 0.1) is 22.0 Å². The topological polar surface area (TPSA) is 64.2 Å². The van der Waals surface area contributed by atoms with Crippen LogP contribution in [-0.4, -0.2) is 27.8 Å². The van der Waals surface area contributed by atoms with Gasteiger partial charge in [0.2, 0.25) is 0 Å². The number of nitrogens with zero attached hydrogens (tertiary/aromatic N) is 4. The van der Waals surface area contributed by atoms with Crippen LogP contribution in [0.3, 0.4) is 0 Å². The monoisotopic (exact) mass is 274 g/mol. The van der Waals surface area contributed by atoms with Gasteiger partial charge in [0.15, 0.2) is 0 Å². The second-order valence-electron chi connectivity index (χ2n) is 5.50. The molecule has 0 atom stereocenters. The molecule has 3 rings (SSSR count). The Morgan fingerprint density at radius 3 is 2.60 bits per heavy atom. The largest absolute Gasteiger partial charge is 0.365 e. The lowest BCUT2D eigenvalue weighted by Gasteiger charge is -2.18. The summed E-state index contributed by atoms with van der Waals surface area (Å²) in [7, 11) is 0. The Hall–Kier alpha value is -2.11. The van der Waals surface area contributed by atoms with Crippen LogP contribution in [0.2, 0.25) is 0 Å². The molecule has 1 aliphatic heterocycles. The summed E-state index contributed by atoms with van der Waals surface area (Å²) in [4.78, 5) is 13.1. The maximum Gasteiger partial charge on any atom is 0.293 e. The van der Waals surface area contributed by atoms with E-state index in [9.17, 15) is 10.1 Å². The third-order valence-corrected chi connectivity index (χ3v) is 3.84. The highest BCUT2D eigenvalue weighted by Gasteiger charge is 2.26. The zero-order valence-electron chi connectivity index (χ0n) is 11.7. The molecule has 0 unspecified atom stereocenters. The molecule has 0 spiro atoms. The lowest BCUT2D eigenvalue weighted by molar-refractivity contribution is -0.384. The van der Waals surface area contributed by atoms with E-state index in [1.165, 1.54) is 0 Å². The number of nitro groups is 1. The van der Waals surface area contributed by atoms with Crippen molar-refractivity contribution < 1.29 is 4.92 Å². The predicted octanol–water partition coefficient (Wildman–Crippen LogP) is 3.13. The van der Waals surface area contributed by atoms with Crippen molar-refractivity contribution in [3.63, 3.8) is 0 Å². The molecule has 1 aliphatic rings. The Bertz CT molecular complexity index is 656. The minimum atomic E-state index is -0.292. The molecule has 106 valence electrons. The molecule has 1 aromatic carbocycles.